The number of carbonyl (C=O) groups excluding carboxylic acids is 3. The van der Waals surface area contributed by atoms with E-state index in [1.807, 2.05) is 0 Å². The first-order chi connectivity index (χ1) is 10.7. The number of rotatable bonds is 5. The predicted octanol–water partition coefficient (Wildman–Crippen LogP) is 0.961. The molecule has 7 nitrogen and oxygen atoms in total. The summed E-state index contributed by atoms with van der Waals surface area (Å²) in [6, 6.07) is 4.86. The predicted molar refractivity (Wildman–Crippen MR) is 81.0 cm³/mol. The summed E-state index contributed by atoms with van der Waals surface area (Å²) in [6.07, 6.45) is 0.176. The largest absolute Gasteiger partial charge is 0.480 e. The summed E-state index contributed by atoms with van der Waals surface area (Å²) >= 11 is 0. The molecule has 0 radical (unpaired) electrons. The van der Waals surface area contributed by atoms with Crippen molar-refractivity contribution >= 4 is 23.7 Å². The molecule has 1 unspecified atom stereocenters. The number of carbonyl (C=O) groups is 4. The highest BCUT2D eigenvalue weighted by molar-refractivity contribution is 6.22. The number of carboxylic acid groups (broad SMARTS) is 1. The van der Waals surface area contributed by atoms with Gasteiger partial charge in [-0.15, -0.1) is 0 Å². The van der Waals surface area contributed by atoms with Crippen molar-refractivity contribution in [2.45, 2.75) is 32.7 Å². The monoisotopic (exact) mass is 318 g/mol. The average Bonchev–Trinajstić information content (AvgIpc) is 2.71. The number of aliphatic carboxylic acids is 1. The summed E-state index contributed by atoms with van der Waals surface area (Å²) in [5, 5.41) is 11.5. The third-order valence-electron chi connectivity index (χ3n) is 4.02. The van der Waals surface area contributed by atoms with Crippen LogP contribution in [-0.4, -0.2) is 45.8 Å². The van der Waals surface area contributed by atoms with E-state index in [0.29, 0.717) is 0 Å². The van der Waals surface area contributed by atoms with E-state index in [1.54, 1.807) is 32.0 Å². The summed E-state index contributed by atoms with van der Waals surface area (Å²) in [4.78, 5) is 48.6. The number of nitrogens with one attached hydrogen (secondary N) is 1. The van der Waals surface area contributed by atoms with Crippen molar-refractivity contribution in [3.63, 3.8) is 0 Å². The minimum Gasteiger partial charge on any atom is -0.480 e. The lowest BCUT2D eigenvalue weighted by Gasteiger charge is -2.25. The Bertz CT molecular complexity index is 712. The number of nitrogens with zero attached hydrogens (tertiary/aromatic N) is 1. The van der Waals surface area contributed by atoms with Crippen LogP contribution in [0.15, 0.2) is 18.2 Å². The standard InChI is InChI=1S/C16H18N2O5/c1-4-16(3,15(22)23)17-12(19)8-18-13(20)10-6-5-9(2)7-11(10)14(18)21/h5-7H,4,8H2,1-3H3,(H,17,19)(H,22,23). The summed E-state index contributed by atoms with van der Waals surface area (Å²) in [7, 11) is 0. The van der Waals surface area contributed by atoms with E-state index in [-0.39, 0.29) is 17.5 Å². The second-order valence-electron chi connectivity index (χ2n) is 5.78. The van der Waals surface area contributed by atoms with Crippen molar-refractivity contribution < 1.29 is 24.3 Å². The first kappa shape index (κ1) is 16.7. The smallest absolute Gasteiger partial charge is 0.329 e. The Kier molecular flexibility index (Phi) is 4.22. The lowest BCUT2D eigenvalue weighted by molar-refractivity contribution is -0.147. The van der Waals surface area contributed by atoms with Crippen LogP contribution in [0.2, 0.25) is 0 Å². The molecule has 0 saturated heterocycles. The van der Waals surface area contributed by atoms with Gasteiger partial charge in [-0.3, -0.25) is 19.3 Å². The van der Waals surface area contributed by atoms with Crippen molar-refractivity contribution in [1.82, 2.24) is 10.2 Å². The number of carboxylic acids is 1. The molecule has 1 atom stereocenters. The summed E-state index contributed by atoms with van der Waals surface area (Å²) in [6.45, 7) is 4.29. The Morgan fingerprint density at radius 1 is 1.22 bits per heavy atom. The number of benzene rings is 1. The van der Waals surface area contributed by atoms with Crippen molar-refractivity contribution in [2.75, 3.05) is 6.54 Å². The van der Waals surface area contributed by atoms with Crippen molar-refractivity contribution in [2.24, 2.45) is 0 Å². The summed E-state index contributed by atoms with van der Waals surface area (Å²) in [5.41, 5.74) is -0.0865. The van der Waals surface area contributed by atoms with Gasteiger partial charge in [-0.05, 0) is 32.4 Å². The van der Waals surface area contributed by atoms with Crippen molar-refractivity contribution in [1.29, 1.82) is 0 Å². The number of aryl methyl sites for hydroxylation is 1. The molecule has 1 aliphatic heterocycles. The molecule has 0 aromatic heterocycles. The molecule has 0 saturated carbocycles. The van der Waals surface area contributed by atoms with Crippen LogP contribution in [0.5, 0.6) is 0 Å². The lowest BCUT2D eigenvalue weighted by Crippen LogP contribution is -2.54. The van der Waals surface area contributed by atoms with Gasteiger partial charge in [0.1, 0.15) is 12.1 Å². The van der Waals surface area contributed by atoms with Gasteiger partial charge in [0.2, 0.25) is 5.91 Å². The second-order valence-corrected chi connectivity index (χ2v) is 5.78. The lowest BCUT2D eigenvalue weighted by atomic mass is 9.99. The fourth-order valence-corrected chi connectivity index (χ4v) is 2.33. The van der Waals surface area contributed by atoms with Gasteiger partial charge < -0.3 is 10.4 Å². The zero-order valence-electron chi connectivity index (χ0n) is 13.2. The third kappa shape index (κ3) is 2.94. The fourth-order valence-electron chi connectivity index (χ4n) is 2.33. The molecule has 1 heterocycles. The van der Waals surface area contributed by atoms with Gasteiger partial charge in [-0.1, -0.05) is 18.6 Å². The average molecular weight is 318 g/mol. The maximum atomic E-state index is 12.3. The SMILES string of the molecule is CCC(C)(NC(=O)CN1C(=O)c2ccc(C)cc2C1=O)C(=O)O. The Morgan fingerprint density at radius 3 is 2.39 bits per heavy atom. The molecule has 2 N–H and O–H groups in total. The molecule has 1 aromatic carbocycles. The second kappa shape index (κ2) is 5.83. The number of amides is 3. The van der Waals surface area contributed by atoms with Crippen LogP contribution in [0.25, 0.3) is 0 Å². The highest BCUT2D eigenvalue weighted by atomic mass is 16.4. The normalized spacial score (nSPS) is 16.0. The van der Waals surface area contributed by atoms with Crippen LogP contribution in [0.4, 0.5) is 0 Å². The summed E-state index contributed by atoms with van der Waals surface area (Å²) < 4.78 is 0. The number of imide groups is 1. The van der Waals surface area contributed by atoms with E-state index in [4.69, 9.17) is 5.11 Å². The number of fused-ring (bicyclic) bond motifs is 1. The molecule has 23 heavy (non-hydrogen) atoms. The minimum absolute atomic E-state index is 0.176. The van der Waals surface area contributed by atoms with E-state index < -0.39 is 35.8 Å². The molecule has 0 aliphatic carbocycles. The highest BCUT2D eigenvalue weighted by Gasteiger charge is 2.38. The van der Waals surface area contributed by atoms with Crippen molar-refractivity contribution in [3.8, 4) is 0 Å². The molecule has 0 spiro atoms. The van der Waals surface area contributed by atoms with Crippen LogP contribution in [0.3, 0.4) is 0 Å². The molecular formula is C16H18N2O5. The minimum atomic E-state index is -1.44. The Labute approximate surface area is 133 Å². The quantitative estimate of drug-likeness (QED) is 0.787. The van der Waals surface area contributed by atoms with Crippen LogP contribution in [-0.2, 0) is 9.59 Å². The molecule has 3 amide bonds. The molecule has 1 aliphatic rings. The first-order valence-corrected chi connectivity index (χ1v) is 7.21. The Morgan fingerprint density at radius 2 is 1.83 bits per heavy atom. The Balaban J connectivity index is 2.16. The van der Waals surface area contributed by atoms with Gasteiger partial charge in [0.05, 0.1) is 11.1 Å². The third-order valence-corrected chi connectivity index (χ3v) is 4.02. The van der Waals surface area contributed by atoms with Crippen LogP contribution < -0.4 is 5.32 Å². The zero-order valence-corrected chi connectivity index (χ0v) is 13.2. The fraction of sp³-hybridized carbons (Fsp3) is 0.375. The van der Waals surface area contributed by atoms with Gasteiger partial charge in [-0.2, -0.15) is 0 Å². The van der Waals surface area contributed by atoms with E-state index in [2.05, 4.69) is 5.32 Å². The molecular weight excluding hydrogens is 300 g/mol. The van der Waals surface area contributed by atoms with Crippen LogP contribution in [0.1, 0.15) is 46.5 Å². The van der Waals surface area contributed by atoms with Gasteiger partial charge in [0.25, 0.3) is 11.8 Å². The molecule has 0 bridgehead atoms. The number of hydrogen-bond donors (Lipinski definition) is 2. The van der Waals surface area contributed by atoms with Crippen LogP contribution in [0, 0.1) is 6.92 Å². The topological polar surface area (TPSA) is 104 Å². The van der Waals surface area contributed by atoms with Gasteiger partial charge in [0.15, 0.2) is 0 Å². The molecule has 2 rings (SSSR count). The maximum absolute atomic E-state index is 12.3. The Hall–Kier alpha value is -2.70. The molecule has 122 valence electrons. The van der Waals surface area contributed by atoms with E-state index in [0.717, 1.165) is 10.5 Å². The van der Waals surface area contributed by atoms with Gasteiger partial charge in [-0.25, -0.2) is 4.79 Å². The highest BCUT2D eigenvalue weighted by Crippen LogP contribution is 2.23. The molecule has 1 aromatic rings. The van der Waals surface area contributed by atoms with E-state index in [1.165, 1.54) is 6.92 Å². The zero-order chi connectivity index (χ0) is 17.4. The molecule has 7 heteroatoms. The van der Waals surface area contributed by atoms with E-state index >= 15 is 0 Å². The number of hydrogen-bond acceptors (Lipinski definition) is 4. The molecule has 0 fully saturated rings. The van der Waals surface area contributed by atoms with Gasteiger partial charge in [0, 0.05) is 0 Å². The first-order valence-electron chi connectivity index (χ1n) is 7.21. The van der Waals surface area contributed by atoms with Crippen LogP contribution >= 0.6 is 0 Å². The maximum Gasteiger partial charge on any atom is 0.329 e. The van der Waals surface area contributed by atoms with E-state index in [9.17, 15) is 19.2 Å². The van der Waals surface area contributed by atoms with Gasteiger partial charge >= 0.3 is 5.97 Å². The van der Waals surface area contributed by atoms with Crippen molar-refractivity contribution in [3.05, 3.63) is 34.9 Å². The summed E-state index contributed by atoms with van der Waals surface area (Å²) in [5.74, 6) is -2.96.